The van der Waals surface area contributed by atoms with Gasteiger partial charge in [0.05, 0.1) is 12.7 Å². The number of aromatic nitrogens is 3. The molecule has 0 fully saturated rings. The van der Waals surface area contributed by atoms with E-state index in [1.807, 2.05) is 48.3 Å². The Morgan fingerprint density at radius 2 is 2.05 bits per heavy atom. The molecule has 0 atom stereocenters. The number of hydrogen-bond acceptors (Lipinski definition) is 3. The van der Waals surface area contributed by atoms with Gasteiger partial charge in [0.15, 0.2) is 5.65 Å². The Bertz CT molecular complexity index is 757. The largest absolute Gasteiger partial charge is 0.296 e. The van der Waals surface area contributed by atoms with E-state index in [4.69, 9.17) is 0 Å². The Kier molecular flexibility index (Phi) is 3.29. The summed E-state index contributed by atoms with van der Waals surface area (Å²) in [6.07, 6.45) is 3.72. The molecule has 0 unspecified atom stereocenters. The van der Waals surface area contributed by atoms with Gasteiger partial charge in [0.1, 0.15) is 0 Å². The van der Waals surface area contributed by atoms with Crippen molar-refractivity contribution in [1.29, 1.82) is 0 Å². The molecule has 2 heterocycles. The lowest BCUT2D eigenvalue weighted by Gasteiger charge is -2.04. The fourth-order valence-electron chi connectivity index (χ4n) is 2.32. The van der Waals surface area contributed by atoms with Gasteiger partial charge in [-0.05, 0) is 18.6 Å². The normalized spacial score (nSPS) is 11.5. The second kappa shape index (κ2) is 5.25. The molecule has 100 valence electrons. The molecule has 0 aliphatic carbocycles. The van der Waals surface area contributed by atoms with Gasteiger partial charge in [-0.1, -0.05) is 30.3 Å². The molecule has 3 aromatic rings. The van der Waals surface area contributed by atoms with Crippen LogP contribution in [0.2, 0.25) is 0 Å². The number of benzene rings is 1. The maximum atomic E-state index is 4.61. The van der Waals surface area contributed by atoms with E-state index in [1.54, 1.807) is 7.05 Å². The topological polar surface area (TPSA) is 43.1 Å². The van der Waals surface area contributed by atoms with Gasteiger partial charge in [-0.3, -0.25) is 4.99 Å². The molecule has 0 N–H and O–H groups in total. The fourth-order valence-corrected chi connectivity index (χ4v) is 2.32. The van der Waals surface area contributed by atoms with Gasteiger partial charge < -0.3 is 0 Å². The summed E-state index contributed by atoms with van der Waals surface area (Å²) in [4.78, 5) is 8.71. The van der Waals surface area contributed by atoms with Crippen LogP contribution < -0.4 is 0 Å². The van der Waals surface area contributed by atoms with Crippen LogP contribution in [0, 0.1) is 6.92 Å². The summed E-state index contributed by atoms with van der Waals surface area (Å²) < 4.78 is 1.94. The van der Waals surface area contributed by atoms with E-state index in [-0.39, 0.29) is 0 Å². The second-order valence-corrected chi connectivity index (χ2v) is 4.77. The van der Waals surface area contributed by atoms with Crippen LogP contribution in [0.15, 0.2) is 47.6 Å². The van der Waals surface area contributed by atoms with Crippen molar-refractivity contribution in [2.75, 3.05) is 7.05 Å². The summed E-state index contributed by atoms with van der Waals surface area (Å²) in [5.74, 6) is 0. The molecule has 2 aromatic heterocycles. The molecule has 0 amide bonds. The molecular weight excluding hydrogens is 248 g/mol. The van der Waals surface area contributed by atoms with Crippen molar-refractivity contribution in [3.8, 4) is 0 Å². The van der Waals surface area contributed by atoms with Gasteiger partial charge in [0, 0.05) is 29.9 Å². The van der Waals surface area contributed by atoms with Gasteiger partial charge in [-0.15, -0.1) is 0 Å². The Labute approximate surface area is 117 Å². The Morgan fingerprint density at radius 1 is 1.25 bits per heavy atom. The van der Waals surface area contributed by atoms with Crippen LogP contribution in [-0.2, 0) is 6.54 Å². The van der Waals surface area contributed by atoms with Gasteiger partial charge in [-0.2, -0.15) is 5.10 Å². The van der Waals surface area contributed by atoms with Crippen LogP contribution in [0.3, 0.4) is 0 Å². The van der Waals surface area contributed by atoms with Crippen LogP contribution in [0.25, 0.3) is 11.0 Å². The third-order valence-electron chi connectivity index (χ3n) is 3.21. The Balaban J connectivity index is 2.09. The number of nitrogens with zero attached hydrogens (tertiary/aromatic N) is 4. The van der Waals surface area contributed by atoms with E-state index in [0.29, 0.717) is 0 Å². The van der Waals surface area contributed by atoms with Crippen LogP contribution in [-0.4, -0.2) is 28.0 Å². The Morgan fingerprint density at radius 3 is 2.80 bits per heavy atom. The molecule has 0 radical (unpaired) electrons. The molecule has 0 saturated heterocycles. The number of hydrogen-bond donors (Lipinski definition) is 0. The molecular formula is C16H16N4. The summed E-state index contributed by atoms with van der Waals surface area (Å²) in [6, 6.07) is 12.3. The average molecular weight is 264 g/mol. The van der Waals surface area contributed by atoms with Crippen LogP contribution in [0.5, 0.6) is 0 Å². The third kappa shape index (κ3) is 2.32. The van der Waals surface area contributed by atoms with Crippen molar-refractivity contribution >= 4 is 17.2 Å². The summed E-state index contributed by atoms with van der Waals surface area (Å²) in [6.45, 7) is 2.72. The molecule has 4 heteroatoms. The highest BCUT2D eigenvalue weighted by Crippen LogP contribution is 2.18. The molecule has 0 aliphatic rings. The number of fused-ring (bicyclic) bond motifs is 1. The molecule has 3 rings (SSSR count). The molecule has 0 aliphatic heterocycles. The van der Waals surface area contributed by atoms with Gasteiger partial charge in [0.2, 0.25) is 0 Å². The predicted octanol–water partition coefficient (Wildman–Crippen LogP) is 2.84. The SMILES string of the molecule is CN=Cc1cc(C)nc2c1cnn2Cc1ccccc1. The van der Waals surface area contributed by atoms with Crippen molar-refractivity contribution < 1.29 is 0 Å². The van der Waals surface area contributed by atoms with E-state index in [1.165, 1.54) is 5.56 Å². The van der Waals surface area contributed by atoms with E-state index in [0.717, 1.165) is 28.8 Å². The van der Waals surface area contributed by atoms with E-state index >= 15 is 0 Å². The molecule has 0 bridgehead atoms. The zero-order valence-corrected chi connectivity index (χ0v) is 11.6. The minimum atomic E-state index is 0.726. The zero-order valence-electron chi connectivity index (χ0n) is 11.6. The Hall–Kier alpha value is -2.49. The number of pyridine rings is 1. The highest BCUT2D eigenvalue weighted by molar-refractivity contribution is 5.97. The summed E-state index contributed by atoms with van der Waals surface area (Å²) >= 11 is 0. The lowest BCUT2D eigenvalue weighted by Crippen LogP contribution is -2.03. The van der Waals surface area contributed by atoms with Gasteiger partial charge in [0.25, 0.3) is 0 Å². The summed E-state index contributed by atoms with van der Waals surface area (Å²) in [5, 5.41) is 5.51. The van der Waals surface area contributed by atoms with E-state index in [2.05, 4.69) is 27.2 Å². The van der Waals surface area contributed by atoms with Gasteiger partial charge >= 0.3 is 0 Å². The zero-order chi connectivity index (χ0) is 13.9. The molecule has 0 spiro atoms. The third-order valence-corrected chi connectivity index (χ3v) is 3.21. The van der Waals surface area contributed by atoms with Gasteiger partial charge in [-0.25, -0.2) is 9.67 Å². The van der Waals surface area contributed by atoms with Crippen LogP contribution >= 0.6 is 0 Å². The first kappa shape index (κ1) is 12.5. The highest BCUT2D eigenvalue weighted by atomic mass is 15.3. The van der Waals surface area contributed by atoms with E-state index < -0.39 is 0 Å². The minimum absolute atomic E-state index is 0.726. The van der Waals surface area contributed by atoms with E-state index in [9.17, 15) is 0 Å². The minimum Gasteiger partial charge on any atom is -0.296 e. The van der Waals surface area contributed by atoms with Crippen molar-refractivity contribution in [3.63, 3.8) is 0 Å². The molecule has 1 aromatic carbocycles. The average Bonchev–Trinajstić information content (AvgIpc) is 2.83. The predicted molar refractivity (Wildman–Crippen MR) is 81.3 cm³/mol. The molecule has 4 nitrogen and oxygen atoms in total. The number of aliphatic imine (C=N–C) groups is 1. The highest BCUT2D eigenvalue weighted by Gasteiger charge is 2.09. The second-order valence-electron chi connectivity index (χ2n) is 4.77. The number of aryl methyl sites for hydroxylation is 1. The maximum Gasteiger partial charge on any atom is 0.158 e. The first-order valence-electron chi connectivity index (χ1n) is 6.57. The summed E-state index contributed by atoms with van der Waals surface area (Å²) in [5.41, 5.74) is 4.16. The van der Waals surface area contributed by atoms with Crippen LogP contribution in [0.1, 0.15) is 16.8 Å². The van der Waals surface area contributed by atoms with Crippen molar-refractivity contribution in [2.45, 2.75) is 13.5 Å². The fraction of sp³-hybridized carbons (Fsp3) is 0.188. The standard InChI is InChI=1S/C16H16N4/c1-12-8-14(9-17-2)15-10-18-20(16(15)19-12)11-13-6-4-3-5-7-13/h3-10H,11H2,1-2H3. The molecule has 0 saturated carbocycles. The maximum absolute atomic E-state index is 4.61. The van der Waals surface area contributed by atoms with Crippen LogP contribution in [0.4, 0.5) is 0 Å². The quantitative estimate of drug-likeness (QED) is 0.683. The first-order chi connectivity index (χ1) is 9.78. The monoisotopic (exact) mass is 264 g/mol. The van der Waals surface area contributed by atoms with Crippen molar-refractivity contribution in [3.05, 3.63) is 59.4 Å². The smallest absolute Gasteiger partial charge is 0.158 e. The molecule has 20 heavy (non-hydrogen) atoms. The number of rotatable bonds is 3. The summed E-state index contributed by atoms with van der Waals surface area (Å²) in [7, 11) is 1.77. The first-order valence-corrected chi connectivity index (χ1v) is 6.57. The van der Waals surface area contributed by atoms with Crippen molar-refractivity contribution in [2.24, 2.45) is 4.99 Å². The van der Waals surface area contributed by atoms with Crippen molar-refractivity contribution in [1.82, 2.24) is 14.8 Å². The lowest BCUT2D eigenvalue weighted by molar-refractivity contribution is 0.703. The lowest BCUT2D eigenvalue weighted by atomic mass is 10.2.